The number of hydrogen-bond acceptors (Lipinski definition) is 6. The lowest BCUT2D eigenvalue weighted by atomic mass is 10.2. The number of fused-ring (bicyclic) bond motifs is 1. The molecule has 7 nitrogen and oxygen atoms in total. The first-order valence-corrected chi connectivity index (χ1v) is 6.05. The quantitative estimate of drug-likeness (QED) is 0.669. The van der Waals surface area contributed by atoms with Gasteiger partial charge in [-0.25, -0.2) is 0 Å². The predicted molar refractivity (Wildman–Crippen MR) is 73.0 cm³/mol. The van der Waals surface area contributed by atoms with Crippen LogP contribution in [0.2, 0.25) is 5.02 Å². The molecule has 100 valence electrons. The predicted octanol–water partition coefficient (Wildman–Crippen LogP) is 1.62. The molecule has 0 bridgehead atoms. The average molecular weight is 290 g/mol. The van der Waals surface area contributed by atoms with Crippen molar-refractivity contribution in [1.82, 2.24) is 20.3 Å². The summed E-state index contributed by atoms with van der Waals surface area (Å²) in [6.45, 7) is 1.65. The molecule has 3 rings (SSSR count). The minimum absolute atomic E-state index is 0.102. The Kier molecular flexibility index (Phi) is 3.03. The van der Waals surface area contributed by atoms with Gasteiger partial charge in [-0.3, -0.25) is 4.79 Å². The molecule has 0 saturated carbocycles. The van der Waals surface area contributed by atoms with Gasteiger partial charge in [0.25, 0.3) is 5.71 Å². The first-order valence-electron chi connectivity index (χ1n) is 5.67. The molecular formula is C12H8ClN5O2. The summed E-state index contributed by atoms with van der Waals surface area (Å²) in [5, 5.41) is 15.9. The highest BCUT2D eigenvalue weighted by atomic mass is 35.5. The zero-order valence-corrected chi connectivity index (χ0v) is 11.1. The van der Waals surface area contributed by atoms with Crippen LogP contribution in [0.5, 0.6) is 0 Å². The van der Waals surface area contributed by atoms with Crippen molar-refractivity contribution in [2.24, 2.45) is 5.10 Å². The van der Waals surface area contributed by atoms with Crippen LogP contribution in [0.15, 0.2) is 38.7 Å². The maximum Gasteiger partial charge on any atom is 0.304 e. The van der Waals surface area contributed by atoms with Gasteiger partial charge in [0.05, 0.1) is 11.9 Å². The largest absolute Gasteiger partial charge is 0.334 e. The van der Waals surface area contributed by atoms with E-state index in [-0.39, 0.29) is 11.1 Å². The molecule has 3 aromatic rings. The first kappa shape index (κ1) is 12.5. The van der Waals surface area contributed by atoms with Crippen molar-refractivity contribution in [3.05, 3.63) is 50.9 Å². The number of halogens is 1. The molecule has 0 unspecified atom stereocenters. The minimum atomic E-state index is -0.432. The molecule has 0 amide bonds. The Morgan fingerprint density at radius 1 is 1.35 bits per heavy atom. The fourth-order valence-corrected chi connectivity index (χ4v) is 1.77. The minimum Gasteiger partial charge on any atom is -0.334 e. The number of hydrogen-bond donors (Lipinski definition) is 0. The zero-order valence-electron chi connectivity index (χ0n) is 10.3. The maximum absolute atomic E-state index is 12.1. The van der Waals surface area contributed by atoms with Crippen LogP contribution >= 0.6 is 11.6 Å². The second-order valence-corrected chi connectivity index (χ2v) is 4.46. The molecule has 0 aliphatic carbocycles. The summed E-state index contributed by atoms with van der Waals surface area (Å²) in [5.41, 5.74) is 0.907. The van der Waals surface area contributed by atoms with Crippen molar-refractivity contribution in [2.75, 3.05) is 0 Å². The third-order valence-corrected chi connectivity index (χ3v) is 2.90. The van der Waals surface area contributed by atoms with Gasteiger partial charge in [-0.1, -0.05) is 38.8 Å². The zero-order chi connectivity index (χ0) is 14.1. The van der Waals surface area contributed by atoms with Gasteiger partial charge < -0.3 is 4.52 Å². The van der Waals surface area contributed by atoms with Crippen LogP contribution in [-0.4, -0.2) is 26.5 Å². The monoisotopic (exact) mass is 289 g/mol. The number of aromatic nitrogens is 4. The Balaban J connectivity index is 2.02. The molecule has 0 saturated heterocycles. The second-order valence-electron chi connectivity index (χ2n) is 4.03. The van der Waals surface area contributed by atoms with Crippen molar-refractivity contribution in [2.45, 2.75) is 6.92 Å². The van der Waals surface area contributed by atoms with E-state index in [4.69, 9.17) is 16.1 Å². The van der Waals surface area contributed by atoms with E-state index in [0.717, 1.165) is 10.4 Å². The molecule has 0 N–H and O–H groups in total. The molecule has 0 radical (unpaired) electrons. The van der Waals surface area contributed by atoms with E-state index in [9.17, 15) is 4.79 Å². The lowest BCUT2D eigenvalue weighted by Gasteiger charge is -1.95. The normalized spacial score (nSPS) is 11.5. The van der Waals surface area contributed by atoms with E-state index >= 15 is 0 Å². The summed E-state index contributed by atoms with van der Waals surface area (Å²) in [7, 11) is 0. The van der Waals surface area contributed by atoms with Crippen LogP contribution in [0.3, 0.4) is 0 Å². The summed E-state index contributed by atoms with van der Waals surface area (Å²) in [6.07, 6.45) is 1.49. The Bertz CT molecular complexity index is 850. The second kappa shape index (κ2) is 4.86. The Morgan fingerprint density at radius 3 is 2.85 bits per heavy atom. The molecule has 0 aliphatic heterocycles. The highest BCUT2D eigenvalue weighted by molar-refractivity contribution is 6.30. The third-order valence-electron chi connectivity index (χ3n) is 2.65. The molecule has 0 fully saturated rings. The summed E-state index contributed by atoms with van der Waals surface area (Å²) in [5.74, 6) is 0. The van der Waals surface area contributed by atoms with Crippen LogP contribution in [0, 0.1) is 6.92 Å². The van der Waals surface area contributed by atoms with Crippen LogP contribution in [-0.2, 0) is 0 Å². The highest BCUT2D eigenvalue weighted by Crippen LogP contribution is 2.09. The Hall–Kier alpha value is -2.54. The van der Waals surface area contributed by atoms with Gasteiger partial charge in [-0.15, -0.1) is 0 Å². The van der Waals surface area contributed by atoms with Crippen LogP contribution in [0.25, 0.3) is 11.1 Å². The maximum atomic E-state index is 12.1. The summed E-state index contributed by atoms with van der Waals surface area (Å²) in [6, 6.07) is 7.00. The number of nitrogens with zero attached hydrogens (tertiary/aromatic N) is 5. The highest BCUT2D eigenvalue weighted by Gasteiger charge is 2.12. The van der Waals surface area contributed by atoms with Crippen LogP contribution < -0.4 is 5.56 Å². The topological polar surface area (TPSA) is 86.2 Å². The molecular weight excluding hydrogens is 282 g/mol. The lowest BCUT2D eigenvalue weighted by molar-refractivity contribution is 0.436. The smallest absolute Gasteiger partial charge is 0.304 e. The molecule has 20 heavy (non-hydrogen) atoms. The van der Waals surface area contributed by atoms with Gasteiger partial charge in [-0.2, -0.15) is 5.10 Å². The molecule has 0 aliphatic rings. The molecule has 1 aromatic carbocycles. The van der Waals surface area contributed by atoms with Crippen LogP contribution in [0.4, 0.5) is 0 Å². The van der Waals surface area contributed by atoms with Gasteiger partial charge in [-0.05, 0) is 29.8 Å². The molecule has 2 heterocycles. The van der Waals surface area contributed by atoms with E-state index in [1.54, 1.807) is 31.2 Å². The van der Waals surface area contributed by atoms with Crippen molar-refractivity contribution in [3.63, 3.8) is 0 Å². The van der Waals surface area contributed by atoms with Crippen molar-refractivity contribution >= 4 is 28.9 Å². The number of rotatable bonds is 2. The number of aryl methyl sites for hydroxylation is 1. The molecule has 8 heteroatoms. The fourth-order valence-electron chi connectivity index (χ4n) is 1.64. The van der Waals surface area contributed by atoms with Gasteiger partial charge in [0, 0.05) is 5.02 Å². The Morgan fingerprint density at radius 2 is 2.10 bits per heavy atom. The van der Waals surface area contributed by atoms with Crippen LogP contribution in [0.1, 0.15) is 11.3 Å². The van der Waals surface area contributed by atoms with E-state index < -0.39 is 5.56 Å². The third kappa shape index (κ3) is 2.19. The van der Waals surface area contributed by atoms with Gasteiger partial charge in [0.15, 0.2) is 0 Å². The van der Waals surface area contributed by atoms with E-state index in [1.807, 2.05) is 0 Å². The van der Waals surface area contributed by atoms with Gasteiger partial charge in [0.1, 0.15) is 5.39 Å². The van der Waals surface area contributed by atoms with Crippen molar-refractivity contribution in [3.8, 4) is 0 Å². The fraction of sp³-hybridized carbons (Fsp3) is 0.0833. The average Bonchev–Trinajstić information content (AvgIpc) is 2.82. The Labute approximate surface area is 117 Å². The van der Waals surface area contributed by atoms with Gasteiger partial charge in [0.2, 0.25) is 0 Å². The van der Waals surface area contributed by atoms with Crippen molar-refractivity contribution in [1.29, 1.82) is 0 Å². The number of benzene rings is 1. The van der Waals surface area contributed by atoms with E-state index in [1.165, 1.54) is 6.21 Å². The molecule has 0 atom stereocenters. The summed E-state index contributed by atoms with van der Waals surface area (Å²) >= 11 is 5.78. The van der Waals surface area contributed by atoms with E-state index in [0.29, 0.717) is 10.7 Å². The standard InChI is InChI=1S/C12H8ClN5O2/c1-7-10-11(20-16-7)15-17-18(12(10)19)14-6-8-2-4-9(13)5-3-8/h2-6H,1H3/b14-6+. The molecule has 2 aromatic heterocycles. The SMILES string of the molecule is Cc1noc2nnn(/N=C/c3ccc(Cl)cc3)c(=O)c12. The van der Waals surface area contributed by atoms with Gasteiger partial charge >= 0.3 is 5.56 Å². The van der Waals surface area contributed by atoms with E-state index in [2.05, 4.69) is 20.6 Å². The van der Waals surface area contributed by atoms with Crippen molar-refractivity contribution < 1.29 is 4.52 Å². The molecule has 0 spiro atoms. The first-order chi connectivity index (χ1) is 9.65. The lowest BCUT2D eigenvalue weighted by Crippen LogP contribution is -2.20. The summed E-state index contributed by atoms with van der Waals surface area (Å²) in [4.78, 5) is 13.0. The summed E-state index contributed by atoms with van der Waals surface area (Å²) < 4.78 is 4.86.